The molecule has 0 aliphatic heterocycles. The van der Waals surface area contributed by atoms with Crippen LogP contribution in [0.25, 0.3) is 0 Å². The minimum Gasteiger partial charge on any atom is -0.389 e. The number of hydrogen-bond acceptors (Lipinski definition) is 3. The second-order valence-electron chi connectivity index (χ2n) is 5.75. The summed E-state index contributed by atoms with van der Waals surface area (Å²) in [6, 6.07) is 0. The van der Waals surface area contributed by atoms with Crippen molar-refractivity contribution in [3.63, 3.8) is 0 Å². The molecule has 92 valence electrons. The zero-order chi connectivity index (χ0) is 12.1. The number of likely N-dealkylation sites (N-methyl/N-ethyl adjacent to an activating group) is 1. The Morgan fingerprint density at radius 2 is 1.73 bits per heavy atom. The van der Waals surface area contributed by atoms with E-state index >= 15 is 0 Å². The lowest BCUT2D eigenvalue weighted by Crippen LogP contribution is -2.44. The molecule has 1 unspecified atom stereocenters. The number of nitrogens with two attached hydrogens (primary N) is 1. The van der Waals surface area contributed by atoms with E-state index in [2.05, 4.69) is 18.7 Å². The van der Waals surface area contributed by atoms with Crippen molar-refractivity contribution in [3.05, 3.63) is 0 Å². The molecule has 0 saturated heterocycles. The molecule has 3 N–H and O–H groups in total. The van der Waals surface area contributed by atoms with Gasteiger partial charge in [0.2, 0.25) is 0 Å². The summed E-state index contributed by atoms with van der Waals surface area (Å²) < 4.78 is 0. The highest BCUT2D eigenvalue weighted by Crippen LogP contribution is 2.23. The third kappa shape index (κ3) is 6.88. The van der Waals surface area contributed by atoms with E-state index in [-0.39, 0.29) is 5.41 Å². The van der Waals surface area contributed by atoms with Crippen LogP contribution in [0.3, 0.4) is 0 Å². The quantitative estimate of drug-likeness (QED) is 0.677. The first-order chi connectivity index (χ1) is 6.72. The Morgan fingerprint density at radius 1 is 1.20 bits per heavy atom. The highest BCUT2D eigenvalue weighted by molar-refractivity contribution is 4.80. The summed E-state index contributed by atoms with van der Waals surface area (Å²) in [7, 11) is 2.04. The van der Waals surface area contributed by atoms with Crippen LogP contribution in [0.5, 0.6) is 0 Å². The molecule has 15 heavy (non-hydrogen) atoms. The third-order valence-electron chi connectivity index (χ3n) is 2.65. The largest absolute Gasteiger partial charge is 0.389 e. The first kappa shape index (κ1) is 14.9. The number of rotatable bonds is 7. The molecule has 0 fully saturated rings. The molecule has 0 bridgehead atoms. The lowest BCUT2D eigenvalue weighted by molar-refractivity contribution is 0.0319. The smallest absolute Gasteiger partial charge is 0.0718 e. The van der Waals surface area contributed by atoms with Crippen LogP contribution in [-0.4, -0.2) is 42.3 Å². The molecule has 0 spiro atoms. The molecular formula is C12H28N2O. The predicted octanol–water partition coefficient (Wildman–Crippen LogP) is 1.45. The normalized spacial score (nSPS) is 16.8. The summed E-state index contributed by atoms with van der Waals surface area (Å²) in [6.45, 7) is 10.4. The molecule has 0 aromatic rings. The summed E-state index contributed by atoms with van der Waals surface area (Å²) in [5.74, 6) is 0. The standard InChI is InChI=1S/C12H28N2O/c1-6-7-12(4,8-13)10-14(5)9-11(2,3)15/h15H,6-10,13H2,1-5H3. The van der Waals surface area contributed by atoms with E-state index in [0.29, 0.717) is 13.1 Å². The van der Waals surface area contributed by atoms with Crippen molar-refractivity contribution in [1.82, 2.24) is 4.90 Å². The fourth-order valence-electron chi connectivity index (χ4n) is 2.22. The average molecular weight is 216 g/mol. The highest BCUT2D eigenvalue weighted by Gasteiger charge is 2.25. The van der Waals surface area contributed by atoms with Gasteiger partial charge in [0.05, 0.1) is 5.60 Å². The van der Waals surface area contributed by atoms with E-state index in [1.807, 2.05) is 20.9 Å². The van der Waals surface area contributed by atoms with E-state index in [0.717, 1.165) is 19.4 Å². The van der Waals surface area contributed by atoms with E-state index in [9.17, 15) is 5.11 Å². The molecule has 3 nitrogen and oxygen atoms in total. The van der Waals surface area contributed by atoms with Gasteiger partial charge >= 0.3 is 0 Å². The fourth-order valence-corrected chi connectivity index (χ4v) is 2.22. The van der Waals surface area contributed by atoms with Crippen LogP contribution >= 0.6 is 0 Å². The van der Waals surface area contributed by atoms with Crippen LogP contribution in [0, 0.1) is 5.41 Å². The molecule has 3 heteroatoms. The van der Waals surface area contributed by atoms with Gasteiger partial charge in [0.15, 0.2) is 0 Å². The first-order valence-corrected chi connectivity index (χ1v) is 5.83. The third-order valence-corrected chi connectivity index (χ3v) is 2.65. The SMILES string of the molecule is CCCC(C)(CN)CN(C)CC(C)(C)O. The molecule has 0 aliphatic carbocycles. The molecule has 0 radical (unpaired) electrons. The van der Waals surface area contributed by atoms with Crippen LogP contribution < -0.4 is 5.73 Å². The zero-order valence-electron chi connectivity index (χ0n) is 11.0. The molecule has 0 saturated carbocycles. The average Bonchev–Trinajstić information content (AvgIpc) is 2.00. The maximum atomic E-state index is 9.71. The minimum atomic E-state index is -0.628. The summed E-state index contributed by atoms with van der Waals surface area (Å²) in [6.07, 6.45) is 2.30. The van der Waals surface area contributed by atoms with E-state index in [1.165, 1.54) is 0 Å². The van der Waals surface area contributed by atoms with Gasteiger partial charge in [-0.05, 0) is 39.3 Å². The van der Waals surface area contributed by atoms with Crippen LogP contribution in [-0.2, 0) is 0 Å². The minimum absolute atomic E-state index is 0.175. The number of nitrogens with zero attached hydrogens (tertiary/aromatic N) is 1. The Morgan fingerprint density at radius 3 is 2.07 bits per heavy atom. The van der Waals surface area contributed by atoms with Gasteiger partial charge in [-0.25, -0.2) is 0 Å². The van der Waals surface area contributed by atoms with Gasteiger partial charge in [-0.2, -0.15) is 0 Å². The van der Waals surface area contributed by atoms with Crippen molar-refractivity contribution in [3.8, 4) is 0 Å². The molecule has 0 aromatic carbocycles. The topological polar surface area (TPSA) is 49.5 Å². The van der Waals surface area contributed by atoms with Crippen molar-refractivity contribution in [2.24, 2.45) is 11.1 Å². The summed E-state index contributed by atoms with van der Waals surface area (Å²) in [5, 5.41) is 9.71. The molecule has 0 amide bonds. The van der Waals surface area contributed by atoms with Crippen LogP contribution in [0.1, 0.15) is 40.5 Å². The summed E-state index contributed by atoms with van der Waals surface area (Å²) >= 11 is 0. The van der Waals surface area contributed by atoms with Gasteiger partial charge in [-0.15, -0.1) is 0 Å². The molecule has 0 aromatic heterocycles. The Hall–Kier alpha value is -0.120. The molecular weight excluding hydrogens is 188 g/mol. The van der Waals surface area contributed by atoms with E-state index < -0.39 is 5.60 Å². The van der Waals surface area contributed by atoms with Crippen molar-refractivity contribution >= 4 is 0 Å². The second-order valence-corrected chi connectivity index (χ2v) is 5.75. The van der Waals surface area contributed by atoms with E-state index in [4.69, 9.17) is 5.73 Å². The van der Waals surface area contributed by atoms with Crippen molar-refractivity contribution in [2.75, 3.05) is 26.7 Å². The monoisotopic (exact) mass is 216 g/mol. The summed E-state index contributed by atoms with van der Waals surface area (Å²) in [5.41, 5.74) is 5.36. The lowest BCUT2D eigenvalue weighted by atomic mass is 9.85. The van der Waals surface area contributed by atoms with E-state index in [1.54, 1.807) is 0 Å². The van der Waals surface area contributed by atoms with Gasteiger partial charge in [-0.3, -0.25) is 0 Å². The van der Waals surface area contributed by atoms with Crippen LogP contribution in [0.4, 0.5) is 0 Å². The van der Waals surface area contributed by atoms with Gasteiger partial charge in [0, 0.05) is 13.1 Å². The second kappa shape index (κ2) is 5.83. The Balaban J connectivity index is 4.18. The van der Waals surface area contributed by atoms with Crippen LogP contribution in [0.2, 0.25) is 0 Å². The van der Waals surface area contributed by atoms with Gasteiger partial charge in [0.25, 0.3) is 0 Å². The van der Waals surface area contributed by atoms with Gasteiger partial charge in [0.1, 0.15) is 0 Å². The van der Waals surface area contributed by atoms with Crippen molar-refractivity contribution in [2.45, 2.75) is 46.1 Å². The molecule has 0 rings (SSSR count). The summed E-state index contributed by atoms with van der Waals surface area (Å²) in [4.78, 5) is 2.17. The predicted molar refractivity (Wildman–Crippen MR) is 65.9 cm³/mol. The zero-order valence-corrected chi connectivity index (χ0v) is 11.0. The number of hydrogen-bond donors (Lipinski definition) is 2. The van der Waals surface area contributed by atoms with Gasteiger partial charge < -0.3 is 15.7 Å². The van der Waals surface area contributed by atoms with Gasteiger partial charge in [-0.1, -0.05) is 20.3 Å². The fraction of sp³-hybridized carbons (Fsp3) is 1.00. The Labute approximate surface area is 94.6 Å². The molecule has 0 heterocycles. The highest BCUT2D eigenvalue weighted by atomic mass is 16.3. The van der Waals surface area contributed by atoms with Crippen molar-refractivity contribution in [1.29, 1.82) is 0 Å². The maximum absolute atomic E-state index is 9.71. The lowest BCUT2D eigenvalue weighted by Gasteiger charge is -2.35. The number of aliphatic hydroxyl groups is 1. The van der Waals surface area contributed by atoms with Crippen LogP contribution in [0.15, 0.2) is 0 Å². The molecule has 0 aliphatic rings. The molecule has 1 atom stereocenters. The Bertz CT molecular complexity index is 177. The van der Waals surface area contributed by atoms with Crippen molar-refractivity contribution < 1.29 is 5.11 Å². The Kier molecular flexibility index (Phi) is 5.78. The maximum Gasteiger partial charge on any atom is 0.0718 e. The first-order valence-electron chi connectivity index (χ1n) is 5.83.